The quantitative estimate of drug-likeness (QED) is 0.396. The molecule has 0 aliphatic rings. The number of aromatic nitrogens is 3. The molecular weight excluding hydrogens is 508 g/mol. The van der Waals surface area contributed by atoms with Gasteiger partial charge in [-0.3, -0.25) is 18.6 Å². The Labute approximate surface area is 201 Å². The first kappa shape index (κ1) is 22.9. The number of thiazole rings is 1. The molecule has 0 saturated carbocycles. The van der Waals surface area contributed by atoms with E-state index in [2.05, 4.69) is 26.2 Å². The summed E-state index contributed by atoms with van der Waals surface area (Å²) in [5, 5.41) is 2.84. The van der Waals surface area contributed by atoms with Crippen LogP contribution in [0, 0.1) is 6.92 Å². The molecule has 0 spiro atoms. The Kier molecular flexibility index (Phi) is 6.75. The van der Waals surface area contributed by atoms with E-state index in [1.165, 1.54) is 15.2 Å². The van der Waals surface area contributed by atoms with Gasteiger partial charge in [-0.1, -0.05) is 28.1 Å². The van der Waals surface area contributed by atoms with E-state index >= 15 is 0 Å². The Morgan fingerprint density at radius 1 is 1.21 bits per heavy atom. The monoisotopic (exact) mass is 528 g/mol. The summed E-state index contributed by atoms with van der Waals surface area (Å²) in [6.45, 7) is 4.46. The van der Waals surface area contributed by atoms with Gasteiger partial charge in [-0.25, -0.2) is 9.78 Å². The van der Waals surface area contributed by atoms with Crippen LogP contribution < -0.4 is 21.3 Å². The Bertz CT molecular complexity index is 1460. The van der Waals surface area contributed by atoms with Crippen molar-refractivity contribution in [2.24, 2.45) is 0 Å². The highest BCUT2D eigenvalue weighted by Crippen LogP contribution is 2.19. The highest BCUT2D eigenvalue weighted by atomic mass is 79.9. The largest absolute Gasteiger partial charge is 0.478 e. The third-order valence-electron chi connectivity index (χ3n) is 4.99. The molecule has 0 unspecified atom stereocenters. The van der Waals surface area contributed by atoms with Crippen LogP contribution >= 0.6 is 27.3 Å². The number of hydrogen-bond acceptors (Lipinski definition) is 6. The summed E-state index contributed by atoms with van der Waals surface area (Å²) in [4.78, 5) is 43.6. The second kappa shape index (κ2) is 9.72. The molecule has 0 radical (unpaired) electrons. The summed E-state index contributed by atoms with van der Waals surface area (Å²) in [7, 11) is 0. The van der Waals surface area contributed by atoms with Crippen molar-refractivity contribution < 1.29 is 9.53 Å². The summed E-state index contributed by atoms with van der Waals surface area (Å²) in [5.74, 6) is 0.162. The van der Waals surface area contributed by atoms with Crippen LogP contribution in [0.15, 0.2) is 62.9 Å². The topological polar surface area (TPSA) is 94.7 Å². The predicted octanol–water partition coefficient (Wildman–Crippen LogP) is 3.37. The lowest BCUT2D eigenvalue weighted by atomic mass is 10.2. The minimum Gasteiger partial charge on any atom is -0.478 e. The highest BCUT2D eigenvalue weighted by Gasteiger charge is 2.18. The van der Waals surface area contributed by atoms with Crippen molar-refractivity contribution >= 4 is 38.0 Å². The van der Waals surface area contributed by atoms with E-state index in [9.17, 15) is 14.4 Å². The number of halogens is 1. The van der Waals surface area contributed by atoms with Crippen LogP contribution in [0.5, 0.6) is 5.88 Å². The van der Waals surface area contributed by atoms with Crippen LogP contribution in [0.2, 0.25) is 0 Å². The van der Waals surface area contributed by atoms with Gasteiger partial charge >= 0.3 is 5.69 Å². The van der Waals surface area contributed by atoms with E-state index in [1.54, 1.807) is 25.3 Å². The number of hydrogen-bond donors (Lipinski definition) is 1. The molecule has 3 aromatic heterocycles. The molecule has 0 bridgehead atoms. The molecule has 0 fully saturated rings. The van der Waals surface area contributed by atoms with Crippen molar-refractivity contribution in [3.63, 3.8) is 0 Å². The van der Waals surface area contributed by atoms with Crippen molar-refractivity contribution in [1.29, 1.82) is 0 Å². The number of carbonyl (C=O) groups excluding carboxylic acids is 1. The summed E-state index contributed by atoms with van der Waals surface area (Å²) < 4.78 is 8.80. The predicted molar refractivity (Wildman–Crippen MR) is 130 cm³/mol. The van der Waals surface area contributed by atoms with E-state index in [4.69, 9.17) is 4.74 Å². The van der Waals surface area contributed by atoms with Crippen LogP contribution in [0.4, 0.5) is 0 Å². The molecule has 0 saturated heterocycles. The summed E-state index contributed by atoms with van der Waals surface area (Å²) in [6, 6.07) is 11.0. The third kappa shape index (κ3) is 4.91. The molecule has 1 aromatic carbocycles. The van der Waals surface area contributed by atoms with Crippen molar-refractivity contribution in [1.82, 2.24) is 19.3 Å². The van der Waals surface area contributed by atoms with E-state index in [1.807, 2.05) is 31.2 Å². The van der Waals surface area contributed by atoms with Gasteiger partial charge in [0, 0.05) is 35.0 Å². The van der Waals surface area contributed by atoms with Crippen molar-refractivity contribution in [2.75, 3.05) is 6.61 Å². The van der Waals surface area contributed by atoms with Crippen LogP contribution in [-0.4, -0.2) is 26.5 Å². The molecule has 4 rings (SSSR count). The van der Waals surface area contributed by atoms with E-state index in [0.29, 0.717) is 27.8 Å². The van der Waals surface area contributed by atoms with Gasteiger partial charge in [0.2, 0.25) is 5.88 Å². The van der Waals surface area contributed by atoms with Gasteiger partial charge in [0.15, 0.2) is 0 Å². The molecule has 170 valence electrons. The first-order valence-corrected chi connectivity index (χ1v) is 11.8. The number of nitrogens with zero attached hydrogens (tertiary/aromatic N) is 3. The molecular formula is C23H21BrN4O4S. The number of fused-ring (bicyclic) bond motifs is 1. The van der Waals surface area contributed by atoms with Crippen LogP contribution in [0.25, 0.3) is 4.83 Å². The first-order valence-electron chi connectivity index (χ1n) is 10.2. The molecule has 0 atom stereocenters. The SMILES string of the molecule is CCOc1cc(CNC(=O)c2cn3c(=O)n(Cc4cccc(Br)c4)c(=O)c(C)c3s2)ccn1. The van der Waals surface area contributed by atoms with Crippen molar-refractivity contribution in [3.05, 3.63) is 95.7 Å². The second-order valence-electron chi connectivity index (χ2n) is 7.32. The number of benzene rings is 1. The van der Waals surface area contributed by atoms with E-state index < -0.39 is 5.69 Å². The molecule has 4 aromatic rings. The standard InChI is InChI=1S/C23H21BrN4O4S/c1-3-32-19-10-15(7-8-25-19)11-26-20(29)18-13-28-22(33-18)14(2)21(30)27(23(28)31)12-16-5-4-6-17(24)9-16/h4-10,13H,3,11-12H2,1-2H3,(H,26,29). The number of aryl methyl sites for hydroxylation is 1. The zero-order chi connectivity index (χ0) is 23.5. The third-order valence-corrected chi connectivity index (χ3v) is 6.69. The fourth-order valence-electron chi connectivity index (χ4n) is 3.38. The van der Waals surface area contributed by atoms with Crippen LogP contribution in [0.1, 0.15) is 33.3 Å². The number of nitrogens with one attached hydrogen (secondary N) is 1. The van der Waals surface area contributed by atoms with Gasteiger partial charge in [-0.15, -0.1) is 11.3 Å². The number of pyridine rings is 1. The highest BCUT2D eigenvalue weighted by molar-refractivity contribution is 9.10. The first-order chi connectivity index (χ1) is 15.9. The van der Waals surface area contributed by atoms with Gasteiger partial charge in [-0.2, -0.15) is 0 Å². The summed E-state index contributed by atoms with van der Waals surface area (Å²) in [6.07, 6.45) is 3.11. The zero-order valence-corrected chi connectivity index (χ0v) is 20.4. The van der Waals surface area contributed by atoms with Gasteiger partial charge in [0.25, 0.3) is 11.5 Å². The second-order valence-corrected chi connectivity index (χ2v) is 9.26. The summed E-state index contributed by atoms with van der Waals surface area (Å²) >= 11 is 4.52. The fourth-order valence-corrected chi connectivity index (χ4v) is 4.83. The Hall–Kier alpha value is -3.24. The smallest absolute Gasteiger partial charge is 0.336 e. The van der Waals surface area contributed by atoms with Gasteiger partial charge in [0.05, 0.1) is 13.2 Å². The minimum atomic E-state index is -0.480. The molecule has 0 aliphatic heterocycles. The molecule has 1 N–H and O–H groups in total. The maximum atomic E-state index is 13.1. The Morgan fingerprint density at radius 3 is 2.79 bits per heavy atom. The lowest BCUT2D eigenvalue weighted by Crippen LogP contribution is -2.38. The van der Waals surface area contributed by atoms with Gasteiger partial charge in [-0.05, 0) is 43.2 Å². The fraction of sp³-hybridized carbons (Fsp3) is 0.217. The molecule has 8 nitrogen and oxygen atoms in total. The summed E-state index contributed by atoms with van der Waals surface area (Å²) in [5.41, 5.74) is 1.23. The number of rotatable bonds is 7. The minimum absolute atomic E-state index is 0.141. The zero-order valence-electron chi connectivity index (χ0n) is 18.0. The van der Waals surface area contributed by atoms with Crippen LogP contribution in [-0.2, 0) is 13.1 Å². The number of amides is 1. The van der Waals surface area contributed by atoms with Crippen LogP contribution in [0.3, 0.4) is 0 Å². The Balaban J connectivity index is 1.61. The Morgan fingerprint density at radius 2 is 2.03 bits per heavy atom. The molecule has 10 heteroatoms. The molecule has 33 heavy (non-hydrogen) atoms. The van der Waals surface area contributed by atoms with Gasteiger partial charge < -0.3 is 10.1 Å². The van der Waals surface area contributed by atoms with Crippen molar-refractivity contribution in [2.45, 2.75) is 26.9 Å². The van der Waals surface area contributed by atoms with E-state index in [-0.39, 0.29) is 24.6 Å². The molecule has 1 amide bonds. The van der Waals surface area contributed by atoms with Gasteiger partial charge in [0.1, 0.15) is 9.71 Å². The normalized spacial score (nSPS) is 11.0. The average molecular weight is 529 g/mol. The lowest BCUT2D eigenvalue weighted by Gasteiger charge is -2.08. The lowest BCUT2D eigenvalue weighted by molar-refractivity contribution is 0.0954. The maximum absolute atomic E-state index is 13.1. The van der Waals surface area contributed by atoms with Crippen molar-refractivity contribution in [3.8, 4) is 5.88 Å². The average Bonchev–Trinajstić information content (AvgIpc) is 3.25. The number of ether oxygens (including phenoxy) is 1. The molecule has 0 aliphatic carbocycles. The van der Waals surface area contributed by atoms with E-state index in [0.717, 1.165) is 26.9 Å². The maximum Gasteiger partial charge on any atom is 0.336 e. The molecule has 3 heterocycles. The number of carbonyl (C=O) groups is 1.